The molecule has 0 unspecified atom stereocenters. The van der Waals surface area contributed by atoms with Gasteiger partial charge in [-0.2, -0.15) is 9.97 Å². The second-order valence-corrected chi connectivity index (χ2v) is 7.82. The highest BCUT2D eigenvalue weighted by molar-refractivity contribution is 6.30. The number of nitrogens with one attached hydrogen (secondary N) is 2. The number of imidazole rings is 1. The van der Waals surface area contributed by atoms with Gasteiger partial charge in [0.2, 0.25) is 5.95 Å². The van der Waals surface area contributed by atoms with Gasteiger partial charge in [-0.1, -0.05) is 23.7 Å². The number of aliphatic hydroxyl groups excluding tert-OH is 2. The molecule has 3 aromatic rings. The van der Waals surface area contributed by atoms with Crippen LogP contribution in [0.1, 0.15) is 18.7 Å². The molecule has 12 heteroatoms. The number of aliphatic hydroxyl groups is 2. The molecular weight excluding hydrogens is 438 g/mol. The van der Waals surface area contributed by atoms with E-state index in [0.717, 1.165) is 5.56 Å². The summed E-state index contributed by atoms with van der Waals surface area (Å²) >= 11 is 5.91. The van der Waals surface area contributed by atoms with Gasteiger partial charge in [0, 0.05) is 18.1 Å². The summed E-state index contributed by atoms with van der Waals surface area (Å²) in [6, 6.07) is 7.52. The van der Waals surface area contributed by atoms with Crippen molar-refractivity contribution in [2.45, 2.75) is 37.9 Å². The molecule has 0 radical (unpaired) electrons. The summed E-state index contributed by atoms with van der Waals surface area (Å²) in [7, 11) is 0. The van der Waals surface area contributed by atoms with E-state index in [0.29, 0.717) is 35.7 Å². The lowest BCUT2D eigenvalue weighted by molar-refractivity contribution is -0.137. The molecule has 4 atom stereocenters. The van der Waals surface area contributed by atoms with E-state index in [9.17, 15) is 15.0 Å². The predicted octanol–water partition coefficient (Wildman–Crippen LogP) is 0.472. The number of anilines is 2. The first kappa shape index (κ1) is 22.2. The minimum Gasteiger partial charge on any atom is -0.387 e. The van der Waals surface area contributed by atoms with Crippen LogP contribution in [-0.4, -0.2) is 67.0 Å². The van der Waals surface area contributed by atoms with E-state index in [1.165, 1.54) is 10.9 Å². The minimum absolute atomic E-state index is 0.149. The normalized spacial score (nSPS) is 22.9. The summed E-state index contributed by atoms with van der Waals surface area (Å²) in [6.07, 6.45) is -2.96. The van der Waals surface area contributed by atoms with Crippen LogP contribution in [0.5, 0.6) is 0 Å². The molecule has 2 aromatic heterocycles. The fraction of sp³-hybridized carbons (Fsp3) is 0.400. The number of nitrogen functional groups attached to an aromatic ring is 1. The van der Waals surface area contributed by atoms with Gasteiger partial charge in [0.15, 0.2) is 23.8 Å². The van der Waals surface area contributed by atoms with E-state index in [1.807, 2.05) is 24.3 Å². The van der Waals surface area contributed by atoms with Crippen molar-refractivity contribution in [2.75, 3.05) is 24.1 Å². The highest BCUT2D eigenvalue weighted by Crippen LogP contribution is 2.32. The van der Waals surface area contributed by atoms with Crippen molar-refractivity contribution in [2.24, 2.45) is 0 Å². The molecule has 6 N–H and O–H groups in total. The van der Waals surface area contributed by atoms with Crippen molar-refractivity contribution in [3.8, 4) is 0 Å². The number of likely N-dealkylation sites (N-methyl/N-ethyl adjacent to an activating group) is 1. The number of nitrogens with two attached hydrogens (primary N) is 1. The van der Waals surface area contributed by atoms with Crippen LogP contribution >= 0.6 is 11.6 Å². The number of hydrogen-bond acceptors (Lipinski definition) is 9. The quantitative estimate of drug-likeness (QED) is 0.337. The molecule has 32 heavy (non-hydrogen) atoms. The van der Waals surface area contributed by atoms with Crippen LogP contribution in [0.4, 0.5) is 11.8 Å². The van der Waals surface area contributed by atoms with Gasteiger partial charge >= 0.3 is 0 Å². The molecule has 1 saturated heterocycles. The molecule has 1 aromatic carbocycles. The third kappa shape index (κ3) is 4.32. The molecule has 1 fully saturated rings. The number of benzene rings is 1. The maximum Gasteiger partial charge on any atom is 0.252 e. The van der Waals surface area contributed by atoms with Crippen LogP contribution in [0.2, 0.25) is 5.02 Å². The molecule has 3 heterocycles. The van der Waals surface area contributed by atoms with Crippen molar-refractivity contribution >= 4 is 40.4 Å². The smallest absolute Gasteiger partial charge is 0.252 e. The zero-order valence-electron chi connectivity index (χ0n) is 17.3. The molecule has 0 spiro atoms. The summed E-state index contributed by atoms with van der Waals surface area (Å²) in [5, 5.41) is 27.2. The molecule has 4 rings (SSSR count). The topological polar surface area (TPSA) is 160 Å². The van der Waals surface area contributed by atoms with E-state index < -0.39 is 30.4 Å². The third-order valence-electron chi connectivity index (χ3n) is 5.18. The molecule has 170 valence electrons. The third-order valence-corrected chi connectivity index (χ3v) is 5.43. The summed E-state index contributed by atoms with van der Waals surface area (Å²) < 4.78 is 7.10. The Labute approximate surface area is 188 Å². The lowest BCUT2D eigenvalue weighted by Crippen LogP contribution is -2.42. The SMILES string of the molecule is CCNC(=O)[C@H]1O[C@@H](n2cnc3c(N)nc(NCCc4ccc(Cl)cc4)nc32)[C@H](O)[C@@H]1O. The number of carbonyl (C=O) groups excluding carboxylic acids is 1. The zero-order valence-corrected chi connectivity index (χ0v) is 18.0. The molecule has 1 aliphatic rings. The number of nitrogens with zero attached hydrogens (tertiary/aromatic N) is 4. The van der Waals surface area contributed by atoms with E-state index in [2.05, 4.69) is 25.6 Å². The first-order valence-electron chi connectivity index (χ1n) is 10.2. The average molecular weight is 462 g/mol. The second kappa shape index (κ2) is 9.25. The maximum atomic E-state index is 12.1. The Hall–Kier alpha value is -2.99. The second-order valence-electron chi connectivity index (χ2n) is 7.38. The van der Waals surface area contributed by atoms with Crippen molar-refractivity contribution in [3.63, 3.8) is 0 Å². The van der Waals surface area contributed by atoms with Crippen molar-refractivity contribution in [1.82, 2.24) is 24.8 Å². The highest BCUT2D eigenvalue weighted by atomic mass is 35.5. The number of rotatable bonds is 7. The number of carbonyl (C=O) groups is 1. The van der Waals surface area contributed by atoms with Gasteiger partial charge in [-0.15, -0.1) is 0 Å². The number of halogens is 1. The zero-order chi connectivity index (χ0) is 22.8. The van der Waals surface area contributed by atoms with E-state index in [4.69, 9.17) is 22.1 Å². The van der Waals surface area contributed by atoms with Gasteiger partial charge < -0.3 is 31.3 Å². The van der Waals surface area contributed by atoms with Gasteiger partial charge in [-0.25, -0.2) is 4.98 Å². The Bertz CT molecular complexity index is 1110. The Kier molecular flexibility index (Phi) is 6.42. The van der Waals surface area contributed by atoms with Gasteiger partial charge in [0.25, 0.3) is 5.91 Å². The fourth-order valence-electron chi connectivity index (χ4n) is 3.55. The number of hydrogen-bond donors (Lipinski definition) is 5. The van der Waals surface area contributed by atoms with Crippen LogP contribution in [0.25, 0.3) is 11.2 Å². The maximum absolute atomic E-state index is 12.1. The minimum atomic E-state index is -1.40. The van der Waals surface area contributed by atoms with Gasteiger partial charge in [-0.3, -0.25) is 9.36 Å². The summed E-state index contributed by atoms with van der Waals surface area (Å²) in [5.41, 5.74) is 7.76. The molecule has 1 aliphatic heterocycles. The Morgan fingerprint density at radius 3 is 2.72 bits per heavy atom. The van der Waals surface area contributed by atoms with Crippen molar-refractivity contribution in [1.29, 1.82) is 0 Å². The van der Waals surface area contributed by atoms with E-state index >= 15 is 0 Å². The highest BCUT2D eigenvalue weighted by Gasteiger charge is 2.47. The Morgan fingerprint density at radius 1 is 1.25 bits per heavy atom. The Balaban J connectivity index is 1.54. The largest absolute Gasteiger partial charge is 0.387 e. The predicted molar refractivity (Wildman–Crippen MR) is 118 cm³/mol. The summed E-state index contributed by atoms with van der Waals surface area (Å²) in [6.45, 7) is 2.66. The Morgan fingerprint density at radius 2 is 2.00 bits per heavy atom. The lowest BCUT2D eigenvalue weighted by Gasteiger charge is -2.16. The van der Waals surface area contributed by atoms with Crippen molar-refractivity contribution in [3.05, 3.63) is 41.2 Å². The molecule has 0 saturated carbocycles. The average Bonchev–Trinajstić information content (AvgIpc) is 3.31. The summed E-state index contributed by atoms with van der Waals surface area (Å²) in [5.74, 6) is -0.0836. The molecule has 11 nitrogen and oxygen atoms in total. The van der Waals surface area contributed by atoms with Crippen molar-refractivity contribution < 1.29 is 19.7 Å². The molecule has 0 bridgehead atoms. The first-order chi connectivity index (χ1) is 15.4. The van der Waals surface area contributed by atoms with Crippen LogP contribution in [0, 0.1) is 0 Å². The fourth-order valence-corrected chi connectivity index (χ4v) is 3.68. The van der Waals surface area contributed by atoms with E-state index in [1.54, 1.807) is 6.92 Å². The van der Waals surface area contributed by atoms with Crippen LogP contribution in [0.3, 0.4) is 0 Å². The van der Waals surface area contributed by atoms with Gasteiger partial charge in [0.1, 0.15) is 17.7 Å². The summed E-state index contributed by atoms with van der Waals surface area (Å²) in [4.78, 5) is 25.0. The first-order valence-corrected chi connectivity index (χ1v) is 10.5. The molecule has 0 aliphatic carbocycles. The standard InChI is InChI=1S/C20H24ClN7O4/c1-2-23-18(31)15-13(29)14(30)19(32-15)28-9-25-12-16(22)26-20(27-17(12)28)24-8-7-10-3-5-11(21)6-4-10/h3-6,9,13-15,19,29-30H,2,7-8H2,1H3,(H,23,31)(H3,22,24,26,27)/t13-,14+,15-,19+/m0/s1. The molecule has 1 amide bonds. The monoisotopic (exact) mass is 461 g/mol. The molecular formula is C20H24ClN7O4. The lowest BCUT2D eigenvalue weighted by atomic mass is 10.1. The number of aromatic nitrogens is 4. The van der Waals surface area contributed by atoms with Crippen LogP contribution in [0.15, 0.2) is 30.6 Å². The van der Waals surface area contributed by atoms with Gasteiger partial charge in [-0.05, 0) is 31.0 Å². The van der Waals surface area contributed by atoms with Crippen LogP contribution < -0.4 is 16.4 Å². The van der Waals surface area contributed by atoms with Gasteiger partial charge in [0.05, 0.1) is 6.33 Å². The number of amides is 1. The van der Waals surface area contributed by atoms with Crippen LogP contribution in [-0.2, 0) is 16.0 Å². The number of ether oxygens (including phenoxy) is 1. The van der Waals surface area contributed by atoms with E-state index in [-0.39, 0.29) is 11.8 Å². The number of fused-ring (bicyclic) bond motifs is 1.